The number of rotatable bonds is 7. The highest BCUT2D eigenvalue weighted by atomic mass is 32.2. The SMILES string of the molecule is O=C(CO)Nc1ccc(S(=O)(=O)Nc2ccccc2C(=O)c2ccccc2)cc1. The standard InChI is InChI=1S/C21H18N2O5S/c24-14-20(25)22-16-10-12-17(13-11-16)29(27,28)23-19-9-5-4-8-18(19)21(26)15-6-2-1-3-7-15/h1-13,23-24H,14H2,(H,22,25). The number of amides is 1. The molecule has 1 amide bonds. The van der Waals surface area contributed by atoms with E-state index in [-0.39, 0.29) is 21.9 Å². The van der Waals surface area contributed by atoms with Crippen LogP contribution >= 0.6 is 0 Å². The minimum Gasteiger partial charge on any atom is -0.387 e. The molecule has 0 aromatic heterocycles. The topological polar surface area (TPSA) is 113 Å². The maximum atomic E-state index is 12.8. The number of sulfonamides is 1. The zero-order valence-electron chi connectivity index (χ0n) is 15.2. The van der Waals surface area contributed by atoms with Crippen molar-refractivity contribution in [2.24, 2.45) is 0 Å². The summed E-state index contributed by atoms with van der Waals surface area (Å²) in [4.78, 5) is 23.9. The van der Waals surface area contributed by atoms with Crippen LogP contribution < -0.4 is 10.0 Å². The normalized spacial score (nSPS) is 10.9. The highest BCUT2D eigenvalue weighted by Crippen LogP contribution is 2.23. The summed E-state index contributed by atoms with van der Waals surface area (Å²) in [6.07, 6.45) is 0. The molecule has 0 aliphatic rings. The number of carbonyl (C=O) groups excluding carboxylic acids is 2. The van der Waals surface area contributed by atoms with Gasteiger partial charge in [0.05, 0.1) is 10.6 Å². The van der Waals surface area contributed by atoms with Crippen molar-refractivity contribution in [3.05, 3.63) is 90.0 Å². The third kappa shape index (κ3) is 4.87. The molecule has 0 saturated carbocycles. The number of benzene rings is 3. The van der Waals surface area contributed by atoms with Gasteiger partial charge in [-0.2, -0.15) is 0 Å². The van der Waals surface area contributed by atoms with Gasteiger partial charge in [0.25, 0.3) is 10.0 Å². The first-order valence-corrected chi connectivity index (χ1v) is 10.1. The van der Waals surface area contributed by atoms with Gasteiger partial charge in [-0.3, -0.25) is 14.3 Å². The second kappa shape index (κ2) is 8.68. The van der Waals surface area contributed by atoms with E-state index in [1.807, 2.05) is 0 Å². The van der Waals surface area contributed by atoms with Crippen molar-refractivity contribution in [3.8, 4) is 0 Å². The molecule has 0 fully saturated rings. The largest absolute Gasteiger partial charge is 0.387 e. The summed E-state index contributed by atoms with van der Waals surface area (Å²) < 4.78 is 28.0. The predicted molar refractivity (Wildman–Crippen MR) is 109 cm³/mol. The van der Waals surface area contributed by atoms with Gasteiger partial charge in [0.15, 0.2) is 5.78 Å². The zero-order chi connectivity index (χ0) is 20.9. The number of hydrogen-bond acceptors (Lipinski definition) is 5. The average Bonchev–Trinajstić information content (AvgIpc) is 2.74. The Morgan fingerprint density at radius 2 is 1.45 bits per heavy atom. The Bertz CT molecular complexity index is 1130. The van der Waals surface area contributed by atoms with E-state index in [0.717, 1.165) is 0 Å². The van der Waals surface area contributed by atoms with Crippen LogP contribution in [0.3, 0.4) is 0 Å². The fourth-order valence-electron chi connectivity index (χ4n) is 2.64. The Labute approximate surface area is 168 Å². The quantitative estimate of drug-likeness (QED) is 0.519. The molecule has 0 unspecified atom stereocenters. The molecule has 0 radical (unpaired) electrons. The van der Waals surface area contributed by atoms with E-state index in [1.165, 1.54) is 30.3 Å². The highest BCUT2D eigenvalue weighted by Gasteiger charge is 2.19. The number of carbonyl (C=O) groups is 2. The summed E-state index contributed by atoms with van der Waals surface area (Å²) in [7, 11) is -3.97. The molecule has 0 aliphatic carbocycles. The first-order chi connectivity index (χ1) is 13.9. The maximum Gasteiger partial charge on any atom is 0.261 e. The number of nitrogens with one attached hydrogen (secondary N) is 2. The highest BCUT2D eigenvalue weighted by molar-refractivity contribution is 7.92. The van der Waals surface area contributed by atoms with Gasteiger partial charge in [-0.05, 0) is 36.4 Å². The second-order valence-corrected chi connectivity index (χ2v) is 7.76. The van der Waals surface area contributed by atoms with Gasteiger partial charge in [0, 0.05) is 16.8 Å². The number of hydrogen-bond donors (Lipinski definition) is 3. The maximum absolute atomic E-state index is 12.8. The van der Waals surface area contributed by atoms with E-state index in [2.05, 4.69) is 10.0 Å². The van der Waals surface area contributed by atoms with Crippen LogP contribution in [0.15, 0.2) is 83.8 Å². The van der Waals surface area contributed by atoms with Crippen molar-refractivity contribution in [2.75, 3.05) is 16.6 Å². The van der Waals surface area contributed by atoms with E-state index < -0.39 is 22.5 Å². The van der Waals surface area contributed by atoms with Gasteiger partial charge >= 0.3 is 0 Å². The van der Waals surface area contributed by atoms with Crippen LogP contribution in [-0.4, -0.2) is 31.8 Å². The van der Waals surface area contributed by atoms with Crippen LogP contribution in [-0.2, 0) is 14.8 Å². The van der Waals surface area contributed by atoms with Crippen molar-refractivity contribution in [3.63, 3.8) is 0 Å². The molecular weight excluding hydrogens is 392 g/mol. The molecule has 0 heterocycles. The fourth-order valence-corrected chi connectivity index (χ4v) is 3.72. The Morgan fingerprint density at radius 3 is 2.10 bits per heavy atom. The lowest BCUT2D eigenvalue weighted by molar-refractivity contribution is -0.118. The van der Waals surface area contributed by atoms with Crippen molar-refractivity contribution in [1.29, 1.82) is 0 Å². The minimum absolute atomic E-state index is 0.0403. The van der Waals surface area contributed by atoms with Crippen molar-refractivity contribution >= 4 is 33.1 Å². The predicted octanol–water partition coefficient (Wildman–Crippen LogP) is 2.65. The lowest BCUT2D eigenvalue weighted by atomic mass is 10.0. The van der Waals surface area contributed by atoms with Crippen LogP contribution in [0.5, 0.6) is 0 Å². The average molecular weight is 410 g/mol. The summed E-state index contributed by atoms with van der Waals surface area (Å²) in [5, 5.41) is 11.2. The zero-order valence-corrected chi connectivity index (χ0v) is 16.0. The van der Waals surface area contributed by atoms with Crippen LogP contribution in [0, 0.1) is 0 Å². The number of aliphatic hydroxyl groups excluding tert-OH is 1. The Balaban J connectivity index is 1.86. The smallest absolute Gasteiger partial charge is 0.261 e. The third-order valence-corrected chi connectivity index (χ3v) is 5.43. The first kappa shape index (κ1) is 20.2. The van der Waals surface area contributed by atoms with E-state index in [0.29, 0.717) is 11.3 Å². The Hall–Kier alpha value is -3.49. The van der Waals surface area contributed by atoms with Crippen molar-refractivity contribution in [2.45, 2.75) is 4.90 Å². The summed E-state index contributed by atoms with van der Waals surface area (Å²) in [6.45, 7) is -0.673. The van der Waals surface area contributed by atoms with Gasteiger partial charge < -0.3 is 10.4 Å². The summed E-state index contributed by atoms with van der Waals surface area (Å²) in [6, 6.07) is 20.4. The molecule has 3 aromatic carbocycles. The number of anilines is 2. The molecule has 0 spiro atoms. The molecular formula is C21H18N2O5S. The Kier molecular flexibility index (Phi) is 6.06. The number of aliphatic hydroxyl groups is 1. The summed E-state index contributed by atoms with van der Waals surface area (Å²) in [5.74, 6) is -0.905. The van der Waals surface area contributed by atoms with E-state index in [1.54, 1.807) is 48.5 Å². The molecule has 3 rings (SSSR count). The molecule has 0 aliphatic heterocycles. The van der Waals surface area contributed by atoms with Crippen LogP contribution in [0.25, 0.3) is 0 Å². The molecule has 8 heteroatoms. The van der Waals surface area contributed by atoms with Gasteiger partial charge in [0.2, 0.25) is 5.91 Å². The second-order valence-electron chi connectivity index (χ2n) is 6.08. The molecule has 29 heavy (non-hydrogen) atoms. The molecule has 0 saturated heterocycles. The van der Waals surface area contributed by atoms with Gasteiger partial charge in [0.1, 0.15) is 6.61 Å². The van der Waals surface area contributed by atoms with Crippen LogP contribution in [0.2, 0.25) is 0 Å². The van der Waals surface area contributed by atoms with Crippen molar-refractivity contribution < 1.29 is 23.1 Å². The van der Waals surface area contributed by atoms with Crippen molar-refractivity contribution in [1.82, 2.24) is 0 Å². The molecule has 148 valence electrons. The molecule has 0 bridgehead atoms. The van der Waals surface area contributed by atoms with E-state index in [4.69, 9.17) is 5.11 Å². The number of para-hydroxylation sites is 1. The van der Waals surface area contributed by atoms with Gasteiger partial charge in [-0.15, -0.1) is 0 Å². The number of ketones is 1. The van der Waals surface area contributed by atoms with E-state index in [9.17, 15) is 18.0 Å². The molecule has 7 nitrogen and oxygen atoms in total. The van der Waals surface area contributed by atoms with E-state index >= 15 is 0 Å². The van der Waals surface area contributed by atoms with Gasteiger partial charge in [-0.1, -0.05) is 42.5 Å². The van der Waals surface area contributed by atoms with Crippen LogP contribution in [0.1, 0.15) is 15.9 Å². The summed E-state index contributed by atoms with van der Waals surface area (Å²) in [5.41, 5.74) is 1.19. The molecule has 3 N–H and O–H groups in total. The molecule has 3 aromatic rings. The monoisotopic (exact) mass is 410 g/mol. The minimum atomic E-state index is -3.97. The first-order valence-electron chi connectivity index (χ1n) is 8.63. The molecule has 0 atom stereocenters. The Morgan fingerprint density at radius 1 is 0.828 bits per heavy atom. The van der Waals surface area contributed by atoms with Gasteiger partial charge in [-0.25, -0.2) is 8.42 Å². The fraction of sp³-hybridized carbons (Fsp3) is 0.0476. The third-order valence-electron chi connectivity index (χ3n) is 4.04. The summed E-state index contributed by atoms with van der Waals surface area (Å²) >= 11 is 0. The van der Waals surface area contributed by atoms with Crippen LogP contribution in [0.4, 0.5) is 11.4 Å². The lowest BCUT2D eigenvalue weighted by Crippen LogP contribution is -2.17. The lowest BCUT2D eigenvalue weighted by Gasteiger charge is -2.12.